The van der Waals surface area contributed by atoms with Crippen LogP contribution >= 0.6 is 0 Å². The van der Waals surface area contributed by atoms with Gasteiger partial charge in [0.05, 0.1) is 5.69 Å². The van der Waals surface area contributed by atoms with Crippen molar-refractivity contribution in [1.82, 2.24) is 19.4 Å². The van der Waals surface area contributed by atoms with E-state index in [1.54, 1.807) is 12.1 Å². The van der Waals surface area contributed by atoms with Crippen LogP contribution in [-0.4, -0.2) is 69.2 Å². The van der Waals surface area contributed by atoms with Crippen LogP contribution in [0.1, 0.15) is 75.1 Å². The van der Waals surface area contributed by atoms with Gasteiger partial charge >= 0.3 is 5.97 Å². The van der Waals surface area contributed by atoms with Gasteiger partial charge < -0.3 is 14.6 Å². The Bertz CT molecular complexity index is 1310. The fourth-order valence-corrected chi connectivity index (χ4v) is 7.16. The molecule has 41 heavy (non-hydrogen) atoms. The Morgan fingerprint density at radius 2 is 1.80 bits per heavy atom. The van der Waals surface area contributed by atoms with E-state index in [9.17, 15) is 14.3 Å². The number of hydrogen-bond acceptors (Lipinski definition) is 4. The topological polar surface area (TPSA) is 61.6 Å². The number of imidazole rings is 1. The van der Waals surface area contributed by atoms with Crippen molar-refractivity contribution in [2.45, 2.75) is 71.4 Å². The molecular weight excluding hydrogens is 515 g/mol. The predicted octanol–water partition coefficient (Wildman–Crippen LogP) is 6.03. The standard InChI is InChI=1S/C34H45FN4O2/c1-5-31-36-28(18-24-10-7-6-8-11-24)22-39(31)29-14-16-37(17-15-29)20-26-21-38(32(33(40)41)34(2,3)4)23-30(26)25-12-9-13-27(35)19-25/h6-13,19,22,26,29-30,32H,5,14-18,20-21,23H2,1-4H3,(H,40,41)/t26-,30+,32-/m0/s1. The molecule has 3 atom stereocenters. The number of likely N-dealkylation sites (tertiary alicyclic amines) is 2. The summed E-state index contributed by atoms with van der Waals surface area (Å²) in [4.78, 5) is 22.0. The number of aryl methyl sites for hydroxylation is 1. The van der Waals surface area contributed by atoms with Crippen molar-refractivity contribution in [3.05, 3.63) is 89.3 Å². The molecule has 1 N–H and O–H groups in total. The summed E-state index contributed by atoms with van der Waals surface area (Å²) in [6, 6.07) is 17.3. The van der Waals surface area contributed by atoms with Crippen LogP contribution in [0.5, 0.6) is 0 Å². The molecule has 2 fully saturated rings. The van der Waals surface area contributed by atoms with Gasteiger partial charge in [0.25, 0.3) is 0 Å². The summed E-state index contributed by atoms with van der Waals surface area (Å²) in [6.45, 7) is 12.4. The zero-order valence-electron chi connectivity index (χ0n) is 25.0. The number of aliphatic carboxylic acids is 1. The molecule has 2 saturated heterocycles. The molecule has 2 aliphatic rings. The number of nitrogens with zero attached hydrogens (tertiary/aromatic N) is 4. The molecule has 1 aromatic heterocycles. The van der Waals surface area contributed by atoms with E-state index in [1.165, 1.54) is 11.6 Å². The van der Waals surface area contributed by atoms with Crippen LogP contribution in [0.2, 0.25) is 0 Å². The van der Waals surface area contributed by atoms with Gasteiger partial charge in [0.2, 0.25) is 0 Å². The lowest BCUT2D eigenvalue weighted by molar-refractivity contribution is -0.147. The number of aromatic nitrogens is 2. The second kappa shape index (κ2) is 12.5. The largest absolute Gasteiger partial charge is 0.480 e. The monoisotopic (exact) mass is 560 g/mol. The van der Waals surface area contributed by atoms with Gasteiger partial charge in [-0.2, -0.15) is 0 Å². The molecule has 0 unspecified atom stereocenters. The lowest BCUT2D eigenvalue weighted by atomic mass is 9.85. The van der Waals surface area contributed by atoms with Crippen molar-refractivity contribution < 1.29 is 14.3 Å². The number of rotatable bonds is 9. The summed E-state index contributed by atoms with van der Waals surface area (Å²) in [5.74, 6) is 0.498. The van der Waals surface area contributed by atoms with Crippen molar-refractivity contribution in [2.75, 3.05) is 32.7 Å². The maximum Gasteiger partial charge on any atom is 0.321 e. The van der Waals surface area contributed by atoms with Crippen molar-refractivity contribution in [1.29, 1.82) is 0 Å². The van der Waals surface area contributed by atoms with Crippen molar-refractivity contribution in [3.8, 4) is 0 Å². The summed E-state index contributed by atoms with van der Waals surface area (Å²) in [6.07, 6.45) is 6.16. The molecular formula is C34H45FN4O2. The van der Waals surface area contributed by atoms with E-state index in [-0.39, 0.29) is 17.7 Å². The van der Waals surface area contributed by atoms with Crippen molar-refractivity contribution in [3.63, 3.8) is 0 Å². The van der Waals surface area contributed by atoms with Gasteiger partial charge in [0, 0.05) is 63.7 Å². The highest BCUT2D eigenvalue weighted by molar-refractivity contribution is 5.74. The molecule has 0 spiro atoms. The number of carbonyl (C=O) groups is 1. The minimum atomic E-state index is -0.782. The smallest absolute Gasteiger partial charge is 0.321 e. The van der Waals surface area contributed by atoms with E-state index in [0.29, 0.717) is 19.1 Å². The highest BCUT2D eigenvalue weighted by atomic mass is 19.1. The minimum absolute atomic E-state index is 0.105. The lowest BCUT2D eigenvalue weighted by Crippen LogP contribution is -2.48. The van der Waals surface area contributed by atoms with E-state index in [1.807, 2.05) is 32.9 Å². The quantitative estimate of drug-likeness (QED) is 0.346. The number of piperidine rings is 1. The molecule has 2 aliphatic heterocycles. The van der Waals surface area contributed by atoms with Crippen LogP contribution in [0.4, 0.5) is 4.39 Å². The van der Waals surface area contributed by atoms with E-state index in [4.69, 9.17) is 4.98 Å². The molecule has 2 aromatic carbocycles. The van der Waals surface area contributed by atoms with Crippen molar-refractivity contribution in [2.24, 2.45) is 11.3 Å². The summed E-state index contributed by atoms with van der Waals surface area (Å²) in [7, 11) is 0. The molecule has 6 nitrogen and oxygen atoms in total. The van der Waals surface area contributed by atoms with Crippen LogP contribution in [0.3, 0.4) is 0 Å². The number of carboxylic acids is 1. The Balaban J connectivity index is 1.27. The highest BCUT2D eigenvalue weighted by Gasteiger charge is 2.44. The fourth-order valence-electron chi connectivity index (χ4n) is 7.16. The molecule has 220 valence electrons. The first kappa shape index (κ1) is 29.5. The summed E-state index contributed by atoms with van der Waals surface area (Å²) < 4.78 is 16.7. The summed E-state index contributed by atoms with van der Waals surface area (Å²) in [5, 5.41) is 10.1. The van der Waals surface area contributed by atoms with Crippen molar-refractivity contribution >= 4 is 5.97 Å². The Morgan fingerprint density at radius 3 is 2.44 bits per heavy atom. The molecule has 0 radical (unpaired) electrons. The van der Waals surface area contributed by atoms with Gasteiger partial charge in [-0.25, -0.2) is 9.37 Å². The first-order chi connectivity index (χ1) is 19.6. The number of benzene rings is 2. The Hall–Kier alpha value is -3.03. The SMILES string of the molecule is CCc1nc(Cc2ccccc2)cn1C1CCN(C[C@H]2CN([C@@H](C(=O)O)C(C)(C)C)C[C@@H]2c2cccc(F)c2)CC1. The summed E-state index contributed by atoms with van der Waals surface area (Å²) in [5.41, 5.74) is 2.99. The van der Waals surface area contributed by atoms with Crippen LogP contribution < -0.4 is 0 Å². The molecule has 0 saturated carbocycles. The normalized spacial score (nSPS) is 21.8. The van der Waals surface area contributed by atoms with Crippen LogP contribution in [0, 0.1) is 17.2 Å². The predicted molar refractivity (Wildman–Crippen MR) is 161 cm³/mol. The first-order valence-electron chi connectivity index (χ1n) is 15.2. The maximum atomic E-state index is 14.2. The van der Waals surface area contributed by atoms with Gasteiger partial charge in [-0.3, -0.25) is 9.69 Å². The molecule has 3 heterocycles. The second-order valence-electron chi connectivity index (χ2n) is 13.1. The molecule has 0 aliphatic carbocycles. The van der Waals surface area contributed by atoms with E-state index in [0.717, 1.165) is 62.4 Å². The Kier molecular flexibility index (Phi) is 8.95. The average molecular weight is 561 g/mol. The minimum Gasteiger partial charge on any atom is -0.480 e. The second-order valence-corrected chi connectivity index (χ2v) is 13.1. The highest BCUT2D eigenvalue weighted by Crippen LogP contribution is 2.39. The lowest BCUT2D eigenvalue weighted by Gasteiger charge is -2.36. The van der Waals surface area contributed by atoms with Crippen LogP contribution in [-0.2, 0) is 17.6 Å². The van der Waals surface area contributed by atoms with E-state index < -0.39 is 17.4 Å². The van der Waals surface area contributed by atoms with Gasteiger partial charge in [-0.15, -0.1) is 0 Å². The Labute approximate surface area is 244 Å². The zero-order chi connectivity index (χ0) is 29.1. The third kappa shape index (κ3) is 6.90. The average Bonchev–Trinajstić information content (AvgIpc) is 3.52. The number of carboxylic acid groups (broad SMARTS) is 1. The zero-order valence-corrected chi connectivity index (χ0v) is 25.0. The summed E-state index contributed by atoms with van der Waals surface area (Å²) >= 11 is 0. The third-order valence-electron chi connectivity index (χ3n) is 9.01. The fraction of sp³-hybridized carbons (Fsp3) is 0.529. The van der Waals surface area contributed by atoms with Crippen LogP contribution in [0.15, 0.2) is 60.8 Å². The maximum absolute atomic E-state index is 14.2. The van der Waals surface area contributed by atoms with Gasteiger partial charge in [0.15, 0.2) is 0 Å². The van der Waals surface area contributed by atoms with E-state index >= 15 is 0 Å². The molecule has 0 amide bonds. The number of halogens is 1. The Morgan fingerprint density at radius 1 is 1.07 bits per heavy atom. The molecule has 5 rings (SSSR count). The van der Waals surface area contributed by atoms with Gasteiger partial charge in [-0.05, 0) is 47.4 Å². The van der Waals surface area contributed by atoms with Crippen LogP contribution in [0.25, 0.3) is 0 Å². The molecule has 3 aromatic rings. The third-order valence-corrected chi connectivity index (χ3v) is 9.01. The van der Waals surface area contributed by atoms with Gasteiger partial charge in [0.1, 0.15) is 17.7 Å². The number of hydrogen-bond donors (Lipinski definition) is 1. The first-order valence-corrected chi connectivity index (χ1v) is 15.2. The molecule has 0 bridgehead atoms. The van der Waals surface area contributed by atoms with Gasteiger partial charge in [-0.1, -0.05) is 70.2 Å². The molecule has 7 heteroatoms. The van der Waals surface area contributed by atoms with E-state index in [2.05, 4.69) is 51.8 Å².